The summed E-state index contributed by atoms with van der Waals surface area (Å²) in [5, 5.41) is 10.6. The van der Waals surface area contributed by atoms with Crippen LogP contribution in [0.5, 0.6) is 0 Å². The number of ether oxygens (including phenoxy) is 4. The van der Waals surface area contributed by atoms with E-state index in [9.17, 15) is 43.2 Å². The lowest BCUT2D eigenvalue weighted by atomic mass is 9.99. The Hall–Kier alpha value is -1.94. The average molecular weight is 1480 g/mol. The molecule has 0 aromatic heterocycles. The van der Waals surface area contributed by atoms with Gasteiger partial charge < -0.3 is 33.8 Å². The average Bonchev–Trinajstić information content (AvgIpc) is 1.29. The molecule has 0 fully saturated rings. The van der Waals surface area contributed by atoms with Crippen LogP contribution in [-0.2, 0) is 65.4 Å². The van der Waals surface area contributed by atoms with Gasteiger partial charge in [0.25, 0.3) is 0 Å². The first kappa shape index (κ1) is 99.1. The fraction of sp³-hybridized carbons (Fsp3) is 0.951. The summed E-state index contributed by atoms with van der Waals surface area (Å²) >= 11 is 0. The van der Waals surface area contributed by atoms with Crippen molar-refractivity contribution < 1.29 is 80.2 Å². The Morgan fingerprint density at radius 2 is 0.475 bits per heavy atom. The number of hydrogen-bond donors (Lipinski definition) is 3. The molecule has 19 heteroatoms. The van der Waals surface area contributed by atoms with E-state index in [4.69, 9.17) is 37.0 Å². The van der Waals surface area contributed by atoms with Crippen LogP contribution in [0.25, 0.3) is 0 Å². The van der Waals surface area contributed by atoms with Gasteiger partial charge in [0, 0.05) is 25.7 Å². The van der Waals surface area contributed by atoms with Gasteiger partial charge in [0.15, 0.2) is 12.2 Å². The zero-order valence-electron chi connectivity index (χ0n) is 66.5. The van der Waals surface area contributed by atoms with E-state index in [2.05, 4.69) is 55.4 Å². The highest BCUT2D eigenvalue weighted by Gasteiger charge is 2.30. The van der Waals surface area contributed by atoms with Crippen molar-refractivity contribution in [3.05, 3.63) is 0 Å². The minimum absolute atomic E-state index is 0.104. The van der Waals surface area contributed by atoms with Gasteiger partial charge in [-0.1, -0.05) is 370 Å². The molecular weight excluding hydrogens is 1320 g/mol. The van der Waals surface area contributed by atoms with Gasteiger partial charge in [-0.25, -0.2) is 9.13 Å². The lowest BCUT2D eigenvalue weighted by Gasteiger charge is -2.21. The highest BCUT2D eigenvalue weighted by Crippen LogP contribution is 2.45. The number of carbonyl (C=O) groups excluding carboxylic acids is 4. The Balaban J connectivity index is 5.23. The molecule has 0 rings (SSSR count). The molecular formula is C82H160O17P2. The monoisotopic (exact) mass is 1480 g/mol. The summed E-state index contributed by atoms with van der Waals surface area (Å²) in [5.74, 6) is 1.02. The Bertz CT molecular complexity index is 1980. The number of carbonyl (C=O) groups is 4. The molecule has 0 aliphatic rings. The highest BCUT2D eigenvalue weighted by molar-refractivity contribution is 7.47. The number of aliphatic hydroxyl groups excluding tert-OH is 1. The zero-order valence-corrected chi connectivity index (χ0v) is 68.3. The maximum absolute atomic E-state index is 13.1. The fourth-order valence-corrected chi connectivity index (χ4v) is 14.1. The van der Waals surface area contributed by atoms with Crippen LogP contribution in [0.4, 0.5) is 0 Å². The largest absolute Gasteiger partial charge is 0.472 e. The van der Waals surface area contributed by atoms with E-state index in [0.717, 1.165) is 120 Å². The third-order valence-electron chi connectivity index (χ3n) is 19.8. The zero-order chi connectivity index (χ0) is 74.6. The van der Waals surface area contributed by atoms with E-state index in [0.29, 0.717) is 25.7 Å². The van der Waals surface area contributed by atoms with Crippen molar-refractivity contribution in [1.29, 1.82) is 0 Å². The van der Waals surface area contributed by atoms with Crippen LogP contribution in [-0.4, -0.2) is 96.7 Å². The van der Waals surface area contributed by atoms with Crippen molar-refractivity contribution in [2.45, 2.75) is 440 Å². The maximum Gasteiger partial charge on any atom is 0.472 e. The predicted molar refractivity (Wildman–Crippen MR) is 414 cm³/mol. The molecule has 600 valence electrons. The second-order valence-electron chi connectivity index (χ2n) is 31.0. The standard InChI is InChI=1S/C82H160O17P2/c1-9-74(7)60-52-44-36-30-24-20-17-18-21-25-31-37-46-54-62-79(84)92-68-77(98-81(86)64-56-48-38-32-26-22-16-14-12-11-13-15-19-23-28-34-42-50-58-72(3)4)70-96-100(88,89)94-66-76(83)67-95-101(90,91)97-71-78(69-93-80(85)63-55-47-41-40-45-53-61-75(8)10-2)99-82(87)65-57-49-39-33-27-29-35-43-51-59-73(5)6/h72-78,83H,9-71H2,1-8H3,(H,88,89)(H,90,91)/t74?,75?,76-,77-,78-/m1/s1. The summed E-state index contributed by atoms with van der Waals surface area (Å²) in [6, 6.07) is 0. The topological polar surface area (TPSA) is 237 Å². The van der Waals surface area contributed by atoms with Gasteiger partial charge in [-0.05, 0) is 49.4 Å². The molecule has 0 bridgehead atoms. The molecule has 4 unspecified atom stereocenters. The van der Waals surface area contributed by atoms with Crippen molar-refractivity contribution in [3.8, 4) is 0 Å². The molecule has 0 amide bonds. The van der Waals surface area contributed by atoms with Crippen molar-refractivity contribution in [2.24, 2.45) is 23.7 Å². The predicted octanol–water partition coefficient (Wildman–Crippen LogP) is 24.4. The molecule has 0 aliphatic heterocycles. The van der Waals surface area contributed by atoms with Crippen molar-refractivity contribution in [2.75, 3.05) is 39.6 Å². The molecule has 17 nitrogen and oxygen atoms in total. The lowest BCUT2D eigenvalue weighted by Crippen LogP contribution is -2.30. The first-order valence-corrected chi connectivity index (χ1v) is 45.3. The summed E-state index contributed by atoms with van der Waals surface area (Å²) in [5.41, 5.74) is 0. The normalized spacial score (nSPS) is 14.5. The second-order valence-corrected chi connectivity index (χ2v) is 33.9. The number of phosphoric acid groups is 2. The van der Waals surface area contributed by atoms with Crippen LogP contribution < -0.4 is 0 Å². The van der Waals surface area contributed by atoms with Crippen molar-refractivity contribution in [3.63, 3.8) is 0 Å². The number of aliphatic hydroxyl groups is 1. The smallest absolute Gasteiger partial charge is 0.462 e. The number of phosphoric ester groups is 2. The molecule has 0 aromatic rings. The molecule has 0 saturated heterocycles. The number of rotatable bonds is 79. The van der Waals surface area contributed by atoms with Crippen LogP contribution >= 0.6 is 15.6 Å². The molecule has 0 aromatic carbocycles. The van der Waals surface area contributed by atoms with E-state index >= 15 is 0 Å². The van der Waals surface area contributed by atoms with Gasteiger partial charge in [-0.3, -0.25) is 37.3 Å². The van der Waals surface area contributed by atoms with E-state index in [1.165, 1.54) is 218 Å². The third-order valence-corrected chi connectivity index (χ3v) is 21.7. The summed E-state index contributed by atoms with van der Waals surface area (Å²) in [4.78, 5) is 73.0. The van der Waals surface area contributed by atoms with E-state index in [1.807, 2.05) is 0 Å². The molecule has 0 spiro atoms. The summed E-state index contributed by atoms with van der Waals surface area (Å²) in [6.45, 7) is 14.3. The van der Waals surface area contributed by atoms with E-state index < -0.39 is 97.5 Å². The van der Waals surface area contributed by atoms with Gasteiger partial charge in [0.2, 0.25) is 0 Å². The molecule has 3 N–H and O–H groups in total. The highest BCUT2D eigenvalue weighted by atomic mass is 31.2. The number of esters is 4. The maximum atomic E-state index is 13.1. The Morgan fingerprint density at radius 3 is 0.703 bits per heavy atom. The lowest BCUT2D eigenvalue weighted by molar-refractivity contribution is -0.161. The minimum Gasteiger partial charge on any atom is -0.462 e. The fourth-order valence-electron chi connectivity index (χ4n) is 12.5. The van der Waals surface area contributed by atoms with Crippen LogP contribution in [0.2, 0.25) is 0 Å². The minimum atomic E-state index is -4.96. The van der Waals surface area contributed by atoms with Crippen molar-refractivity contribution >= 4 is 39.5 Å². The Labute approximate surface area is 619 Å². The van der Waals surface area contributed by atoms with Crippen LogP contribution in [0.3, 0.4) is 0 Å². The third kappa shape index (κ3) is 73.4. The SMILES string of the molecule is CCC(C)CCCCCCCCCCCCCCCCC(=O)OC[C@H](COP(=O)(O)OC[C@@H](O)COP(=O)(O)OC[C@@H](COC(=O)CCCCCCCCC(C)CC)OC(=O)CCCCCCCCCCCC(C)C)OC(=O)CCCCCCCCCCCCCCCCCCCCC(C)C. The van der Waals surface area contributed by atoms with Crippen molar-refractivity contribution in [1.82, 2.24) is 0 Å². The van der Waals surface area contributed by atoms with Gasteiger partial charge >= 0.3 is 39.5 Å². The second kappa shape index (κ2) is 71.0. The van der Waals surface area contributed by atoms with Gasteiger partial charge in [0.1, 0.15) is 19.3 Å². The Kier molecular flexibility index (Phi) is 69.6. The molecule has 0 radical (unpaired) electrons. The van der Waals surface area contributed by atoms with Crippen LogP contribution in [0.1, 0.15) is 421 Å². The molecule has 0 saturated carbocycles. The molecule has 0 heterocycles. The van der Waals surface area contributed by atoms with Crippen LogP contribution in [0, 0.1) is 23.7 Å². The summed E-state index contributed by atoms with van der Waals surface area (Å²) in [7, 11) is -9.92. The van der Waals surface area contributed by atoms with Gasteiger partial charge in [0.05, 0.1) is 26.4 Å². The van der Waals surface area contributed by atoms with Crippen LogP contribution in [0.15, 0.2) is 0 Å². The Morgan fingerprint density at radius 1 is 0.277 bits per heavy atom. The summed E-state index contributed by atoms with van der Waals surface area (Å²) in [6.07, 6.45) is 58.4. The van der Waals surface area contributed by atoms with Gasteiger partial charge in [-0.2, -0.15) is 0 Å². The quantitative estimate of drug-likeness (QED) is 0.0222. The molecule has 0 aliphatic carbocycles. The number of hydrogen-bond acceptors (Lipinski definition) is 15. The molecule has 101 heavy (non-hydrogen) atoms. The van der Waals surface area contributed by atoms with E-state index in [-0.39, 0.29) is 25.7 Å². The summed E-state index contributed by atoms with van der Waals surface area (Å²) < 4.78 is 68.7. The van der Waals surface area contributed by atoms with Gasteiger partial charge in [-0.15, -0.1) is 0 Å². The molecule has 7 atom stereocenters. The van der Waals surface area contributed by atoms with E-state index in [1.54, 1.807) is 0 Å². The first-order valence-electron chi connectivity index (χ1n) is 42.3. The number of unbranched alkanes of at least 4 members (excludes halogenated alkanes) is 43. The first-order chi connectivity index (χ1) is 48.7.